The Morgan fingerprint density at radius 3 is 2.48 bits per heavy atom. The highest BCUT2D eigenvalue weighted by Crippen LogP contribution is 2.37. The zero-order valence-electron chi connectivity index (χ0n) is 17.7. The van der Waals surface area contributed by atoms with Gasteiger partial charge in [-0.05, 0) is 29.3 Å². The maximum atomic E-state index is 13.4. The van der Waals surface area contributed by atoms with Crippen molar-refractivity contribution in [2.45, 2.75) is 19.0 Å². The average Bonchev–Trinajstić information content (AvgIpc) is 3.13. The number of fused-ring (bicyclic) bond motifs is 1. The summed E-state index contributed by atoms with van der Waals surface area (Å²) >= 11 is 0. The van der Waals surface area contributed by atoms with Crippen molar-refractivity contribution >= 4 is 16.9 Å². The number of carbonyl (C=O) groups excluding carboxylic acids is 1. The lowest BCUT2D eigenvalue weighted by Crippen LogP contribution is -2.27. The Kier molecular flexibility index (Phi) is 6.75. The fourth-order valence-corrected chi connectivity index (χ4v) is 3.60. The second-order valence-electron chi connectivity index (χ2n) is 7.39. The van der Waals surface area contributed by atoms with Crippen LogP contribution >= 0.6 is 0 Å². The molecule has 2 aromatic carbocycles. The van der Waals surface area contributed by atoms with E-state index in [1.54, 1.807) is 17.7 Å². The van der Waals surface area contributed by atoms with Gasteiger partial charge in [0.15, 0.2) is 5.83 Å². The number of imidazole rings is 1. The largest absolute Gasteiger partial charge is 0.573 e. The Hall–Kier alpha value is -3.44. The van der Waals surface area contributed by atoms with Gasteiger partial charge in [-0.1, -0.05) is 18.7 Å². The highest BCUT2D eigenvalue weighted by Gasteiger charge is 2.31. The summed E-state index contributed by atoms with van der Waals surface area (Å²) in [6.45, 7) is 2.23. The molecule has 1 atom stereocenters. The Balaban J connectivity index is 2.18. The molecule has 0 spiro atoms. The molecular formula is C22H21F4N3O4. The molecule has 0 aliphatic rings. The van der Waals surface area contributed by atoms with Crippen LogP contribution in [0.15, 0.2) is 49.1 Å². The predicted molar refractivity (Wildman–Crippen MR) is 112 cm³/mol. The van der Waals surface area contributed by atoms with Crippen LogP contribution in [0, 0.1) is 0 Å². The number of aliphatic hydroxyl groups is 2. The van der Waals surface area contributed by atoms with Gasteiger partial charge in [-0.15, -0.1) is 13.2 Å². The Labute approximate surface area is 186 Å². The number of aromatic nitrogens is 2. The van der Waals surface area contributed by atoms with Crippen LogP contribution in [0.4, 0.5) is 17.6 Å². The summed E-state index contributed by atoms with van der Waals surface area (Å²) in [5.41, 5.74) is 2.51. The van der Waals surface area contributed by atoms with E-state index in [1.807, 2.05) is 0 Å². The van der Waals surface area contributed by atoms with Crippen molar-refractivity contribution < 1.29 is 37.3 Å². The van der Waals surface area contributed by atoms with Gasteiger partial charge in [0, 0.05) is 31.8 Å². The van der Waals surface area contributed by atoms with E-state index in [4.69, 9.17) is 0 Å². The third-order valence-electron chi connectivity index (χ3n) is 5.00. The van der Waals surface area contributed by atoms with Gasteiger partial charge in [-0.2, -0.15) is 0 Å². The highest BCUT2D eigenvalue weighted by atomic mass is 19.4. The van der Waals surface area contributed by atoms with Gasteiger partial charge in [0.2, 0.25) is 0 Å². The average molecular weight is 467 g/mol. The molecule has 176 valence electrons. The molecule has 1 aromatic heterocycles. The lowest BCUT2D eigenvalue weighted by atomic mass is 9.93. The quantitative estimate of drug-likeness (QED) is 0.410. The number of alkyl halides is 3. The Bertz CT molecular complexity index is 1190. The maximum absolute atomic E-state index is 13.4. The minimum Gasteiger partial charge on any atom is -0.406 e. The molecule has 0 aliphatic carbocycles. The number of benzene rings is 2. The number of likely N-dealkylation sites (N-methyl/N-ethyl adjacent to an activating group) is 1. The molecule has 3 rings (SSSR count). The van der Waals surface area contributed by atoms with Crippen LogP contribution in [0.3, 0.4) is 0 Å². The third kappa shape index (κ3) is 5.15. The SMILES string of the molecule is C=C(F)C(=O)N(C)Cc1cc(-c2ccc(OC(F)(F)F)cc2)c2ncn(C)c2c1[C@@H](O)CO. The first-order valence-corrected chi connectivity index (χ1v) is 9.64. The van der Waals surface area contributed by atoms with E-state index >= 15 is 0 Å². The predicted octanol–water partition coefficient (Wildman–Crippen LogP) is 3.61. The van der Waals surface area contributed by atoms with Crippen molar-refractivity contribution in [3.05, 3.63) is 60.2 Å². The van der Waals surface area contributed by atoms with Crippen LogP contribution in [0.5, 0.6) is 5.75 Å². The Morgan fingerprint density at radius 2 is 1.94 bits per heavy atom. The first-order chi connectivity index (χ1) is 15.4. The van der Waals surface area contributed by atoms with E-state index in [1.165, 1.54) is 25.5 Å². The number of aliphatic hydroxyl groups excluding tert-OH is 2. The lowest BCUT2D eigenvalue weighted by Gasteiger charge is -2.22. The second kappa shape index (κ2) is 9.20. The van der Waals surface area contributed by atoms with Crippen LogP contribution in [-0.2, 0) is 18.4 Å². The summed E-state index contributed by atoms with van der Waals surface area (Å²) in [4.78, 5) is 17.4. The fourth-order valence-electron chi connectivity index (χ4n) is 3.60. The molecule has 0 aliphatic heterocycles. The molecule has 7 nitrogen and oxygen atoms in total. The number of amides is 1. The van der Waals surface area contributed by atoms with Crippen molar-refractivity contribution in [2.75, 3.05) is 13.7 Å². The number of halogens is 4. The van der Waals surface area contributed by atoms with Crippen molar-refractivity contribution in [1.82, 2.24) is 14.5 Å². The second-order valence-corrected chi connectivity index (χ2v) is 7.39. The molecule has 1 heterocycles. The van der Waals surface area contributed by atoms with Crippen LogP contribution < -0.4 is 4.74 Å². The topological polar surface area (TPSA) is 87.8 Å². The summed E-state index contributed by atoms with van der Waals surface area (Å²) in [7, 11) is 3.01. The number of aryl methyl sites for hydroxylation is 1. The molecule has 0 radical (unpaired) electrons. The fraction of sp³-hybridized carbons (Fsp3) is 0.273. The van der Waals surface area contributed by atoms with Gasteiger partial charge >= 0.3 is 6.36 Å². The smallest absolute Gasteiger partial charge is 0.406 e. The van der Waals surface area contributed by atoms with Crippen molar-refractivity contribution in [3.8, 4) is 16.9 Å². The van der Waals surface area contributed by atoms with Crippen LogP contribution in [0.2, 0.25) is 0 Å². The number of hydrogen-bond acceptors (Lipinski definition) is 5. The van der Waals surface area contributed by atoms with E-state index < -0.39 is 36.6 Å². The zero-order chi connectivity index (χ0) is 24.5. The Morgan fingerprint density at radius 1 is 1.30 bits per heavy atom. The van der Waals surface area contributed by atoms with Crippen molar-refractivity contribution in [2.24, 2.45) is 7.05 Å². The summed E-state index contributed by atoms with van der Waals surface area (Å²) in [6.07, 6.45) is -4.68. The molecule has 0 bridgehead atoms. The van der Waals surface area contributed by atoms with Gasteiger partial charge in [0.1, 0.15) is 11.9 Å². The zero-order valence-corrected chi connectivity index (χ0v) is 17.7. The molecular weight excluding hydrogens is 446 g/mol. The van der Waals surface area contributed by atoms with Crippen LogP contribution in [0.25, 0.3) is 22.2 Å². The van der Waals surface area contributed by atoms with Crippen LogP contribution in [0.1, 0.15) is 17.2 Å². The monoisotopic (exact) mass is 467 g/mol. The number of hydrogen-bond donors (Lipinski definition) is 2. The van der Waals surface area contributed by atoms with Crippen molar-refractivity contribution in [1.29, 1.82) is 0 Å². The van der Waals surface area contributed by atoms with Crippen molar-refractivity contribution in [3.63, 3.8) is 0 Å². The number of carbonyl (C=O) groups is 1. The number of ether oxygens (including phenoxy) is 1. The van der Waals surface area contributed by atoms with Gasteiger partial charge in [0.05, 0.1) is 24.0 Å². The minimum atomic E-state index is -4.83. The number of nitrogens with zero attached hydrogens (tertiary/aromatic N) is 3. The first-order valence-electron chi connectivity index (χ1n) is 9.64. The first kappa shape index (κ1) is 24.2. The molecule has 11 heteroatoms. The molecule has 2 N–H and O–H groups in total. The van der Waals surface area contributed by atoms with E-state index in [-0.39, 0.29) is 12.1 Å². The maximum Gasteiger partial charge on any atom is 0.573 e. The van der Waals surface area contributed by atoms with Crippen LogP contribution in [-0.4, -0.2) is 50.6 Å². The molecule has 0 saturated carbocycles. The summed E-state index contributed by atoms with van der Waals surface area (Å²) in [5.74, 6) is -2.52. The molecule has 3 aromatic rings. The van der Waals surface area contributed by atoms with E-state index in [0.29, 0.717) is 27.7 Å². The van der Waals surface area contributed by atoms with E-state index in [0.717, 1.165) is 17.0 Å². The number of rotatable bonds is 7. The van der Waals surface area contributed by atoms with Gasteiger partial charge in [0.25, 0.3) is 5.91 Å². The van der Waals surface area contributed by atoms with Gasteiger partial charge < -0.3 is 24.4 Å². The molecule has 1 amide bonds. The minimum absolute atomic E-state index is 0.141. The summed E-state index contributed by atoms with van der Waals surface area (Å²) in [6, 6.07) is 6.71. The molecule has 33 heavy (non-hydrogen) atoms. The molecule has 0 saturated heterocycles. The van der Waals surface area contributed by atoms with E-state index in [2.05, 4.69) is 16.3 Å². The van der Waals surface area contributed by atoms with Gasteiger partial charge in [-0.25, -0.2) is 9.37 Å². The highest BCUT2D eigenvalue weighted by molar-refractivity contribution is 5.96. The third-order valence-corrected chi connectivity index (χ3v) is 5.00. The normalized spacial score (nSPS) is 12.6. The summed E-state index contributed by atoms with van der Waals surface area (Å²) in [5, 5.41) is 20.1. The molecule has 0 fully saturated rings. The molecule has 0 unspecified atom stereocenters. The van der Waals surface area contributed by atoms with Gasteiger partial charge in [-0.3, -0.25) is 4.79 Å². The lowest BCUT2D eigenvalue weighted by molar-refractivity contribution is -0.274. The summed E-state index contributed by atoms with van der Waals surface area (Å²) < 4.78 is 56.3. The standard InChI is InChI=1S/C22H21F4N3O4/c1-12(23)21(32)28(2)9-14-8-16(13-4-6-15(7-5-13)33-22(24,25)26)19-20(29(3)11-27-19)18(14)17(31)10-30/h4-8,11,17,30-31H,1,9-10H2,2-3H3/t17-/m0/s1. The van der Waals surface area contributed by atoms with E-state index in [9.17, 15) is 32.6 Å².